The van der Waals surface area contributed by atoms with Gasteiger partial charge in [0.2, 0.25) is 0 Å². The van der Waals surface area contributed by atoms with Crippen LogP contribution in [0.5, 0.6) is 0 Å². The molecule has 1 aliphatic rings. The van der Waals surface area contributed by atoms with E-state index in [2.05, 4.69) is 23.7 Å². The summed E-state index contributed by atoms with van der Waals surface area (Å²) in [6, 6.07) is 0. The van der Waals surface area contributed by atoms with Crippen molar-refractivity contribution in [2.24, 2.45) is 0 Å². The van der Waals surface area contributed by atoms with E-state index >= 15 is 0 Å². The molecule has 0 atom stereocenters. The van der Waals surface area contributed by atoms with Crippen LogP contribution in [0.1, 0.15) is 0 Å². The summed E-state index contributed by atoms with van der Waals surface area (Å²) in [7, 11) is -2.45. The fourth-order valence-corrected chi connectivity index (χ4v) is 2.42. The molecule has 1 heterocycles. The van der Waals surface area contributed by atoms with E-state index < -0.39 is 19.1 Å². The molecule has 0 amide bonds. The van der Waals surface area contributed by atoms with Gasteiger partial charge in [0, 0.05) is 0 Å². The highest BCUT2D eigenvalue weighted by Gasteiger charge is 2.68. The van der Waals surface area contributed by atoms with Crippen LogP contribution in [-0.2, 0) is 0 Å². The van der Waals surface area contributed by atoms with Crippen molar-refractivity contribution >= 4 is 30.0 Å². The fourth-order valence-electron chi connectivity index (χ4n) is 1.03. The van der Waals surface area contributed by atoms with Crippen LogP contribution in [0.15, 0.2) is 0 Å². The van der Waals surface area contributed by atoms with Gasteiger partial charge in [0.15, 0.2) is 0 Å². The predicted octanol–water partition coefficient (Wildman–Crippen LogP) is -0.915. The smallest absolute Gasteiger partial charge is 0.368 e. The van der Waals surface area contributed by atoms with Crippen molar-refractivity contribution in [1.82, 2.24) is 4.54 Å². The molecule has 1 aliphatic heterocycles. The Morgan fingerprint density at radius 3 is 1.27 bits per heavy atom. The molecule has 0 unspecified atom stereocenters. The van der Waals surface area contributed by atoms with Gasteiger partial charge < -0.3 is 27.7 Å². The van der Waals surface area contributed by atoms with E-state index in [1.54, 1.807) is 0 Å². The number of hydrogen-bond acceptors (Lipinski definition) is 0. The third-order valence-electron chi connectivity index (χ3n) is 1.62. The third-order valence-corrected chi connectivity index (χ3v) is 3.39. The van der Waals surface area contributed by atoms with E-state index in [9.17, 15) is 0 Å². The molecular formula is C4HN10P. The predicted molar refractivity (Wildman–Crippen MR) is 48.3 cm³/mol. The zero-order valence-corrected chi connectivity index (χ0v) is 7.97. The molecule has 11 heteroatoms. The second kappa shape index (κ2) is 4.11. The Morgan fingerprint density at radius 2 is 1.07 bits per heavy atom. The third kappa shape index (κ3) is 1.36. The SMILES string of the molecule is [N-]=[N+]=C1C(=[N+]=[N-])C(=[N+]=[N-])[PH](=[N+]=[N-])C1=[N+]=[N-]. The van der Waals surface area contributed by atoms with Gasteiger partial charge in [0.25, 0.3) is 0 Å². The van der Waals surface area contributed by atoms with E-state index in [-0.39, 0.29) is 10.9 Å². The average molecular weight is 220 g/mol. The highest BCUT2D eigenvalue weighted by atomic mass is 31.1. The van der Waals surface area contributed by atoms with Crippen molar-refractivity contribution in [2.75, 3.05) is 0 Å². The summed E-state index contributed by atoms with van der Waals surface area (Å²) in [4.78, 5) is 10.8. The molecular weight excluding hydrogens is 219 g/mol. The van der Waals surface area contributed by atoms with E-state index in [4.69, 9.17) is 27.7 Å². The molecule has 1 rings (SSSR count). The van der Waals surface area contributed by atoms with Gasteiger partial charge in [-0.25, -0.2) is 0 Å². The second-order valence-electron chi connectivity index (χ2n) is 2.24. The minimum atomic E-state index is -2.45. The van der Waals surface area contributed by atoms with Gasteiger partial charge in [-0.05, 0) is 0 Å². The Bertz CT molecular complexity index is 446. The van der Waals surface area contributed by atoms with Gasteiger partial charge >= 0.3 is 30.0 Å². The Labute approximate surface area is 82.2 Å². The first-order valence-corrected chi connectivity index (χ1v) is 4.82. The molecule has 0 aromatic carbocycles. The van der Waals surface area contributed by atoms with Crippen molar-refractivity contribution < 1.29 is 19.2 Å². The Morgan fingerprint density at radius 1 is 0.667 bits per heavy atom. The molecule has 0 aliphatic carbocycles. The van der Waals surface area contributed by atoms with Crippen LogP contribution in [-0.4, -0.2) is 41.5 Å². The van der Waals surface area contributed by atoms with Crippen molar-refractivity contribution in [3.63, 3.8) is 0 Å². The molecule has 72 valence electrons. The lowest BCUT2D eigenvalue weighted by atomic mass is 10.3. The van der Waals surface area contributed by atoms with Crippen molar-refractivity contribution in [3.8, 4) is 0 Å². The monoisotopic (exact) mass is 220 g/mol. The van der Waals surface area contributed by atoms with E-state index in [0.717, 1.165) is 0 Å². The second-order valence-corrected chi connectivity index (χ2v) is 4.09. The zero-order valence-electron chi connectivity index (χ0n) is 6.97. The fraction of sp³-hybridized carbons (Fsp3) is 0. The Hall–Kier alpha value is -2.54. The van der Waals surface area contributed by atoms with E-state index in [0.29, 0.717) is 0 Å². The minimum absolute atomic E-state index is 0.314. The number of nitrogens with zero attached hydrogens (tertiary/aromatic N) is 10. The summed E-state index contributed by atoms with van der Waals surface area (Å²) in [5.41, 5.74) is 41.4. The summed E-state index contributed by atoms with van der Waals surface area (Å²) in [5, 5.41) is 0. The van der Waals surface area contributed by atoms with E-state index in [1.165, 1.54) is 0 Å². The lowest BCUT2D eigenvalue weighted by Crippen LogP contribution is -2.20. The lowest BCUT2D eigenvalue weighted by Gasteiger charge is -1.62. The van der Waals surface area contributed by atoms with Crippen molar-refractivity contribution in [3.05, 3.63) is 27.7 Å². The first kappa shape index (κ1) is 10.5. The van der Waals surface area contributed by atoms with Gasteiger partial charge in [0.1, 0.15) is 0 Å². The van der Waals surface area contributed by atoms with Gasteiger partial charge in [-0.2, -0.15) is 4.54 Å². The minimum Gasteiger partial charge on any atom is -0.368 e. The average Bonchev–Trinajstić information content (AvgIpc) is 2.59. The summed E-state index contributed by atoms with van der Waals surface area (Å²) in [5.74, 6) is 0. The largest absolute Gasteiger partial charge is 0.507 e. The van der Waals surface area contributed by atoms with Crippen LogP contribution in [0.2, 0.25) is 0 Å². The molecule has 0 bridgehead atoms. The molecule has 0 aromatic rings. The van der Waals surface area contributed by atoms with Crippen LogP contribution in [0.25, 0.3) is 27.7 Å². The quantitative estimate of drug-likeness (QED) is 0.278. The van der Waals surface area contributed by atoms with E-state index in [1.807, 2.05) is 0 Å². The maximum Gasteiger partial charge on any atom is 0.507 e. The van der Waals surface area contributed by atoms with Gasteiger partial charge in [-0.1, -0.05) is 0 Å². The van der Waals surface area contributed by atoms with Crippen LogP contribution in [0, 0.1) is 0 Å². The standard InChI is InChI=1S/C4HN10P/c5-10-1-2(11-6)4(13-8)15(14-9)3(1)12-7/h15H. The van der Waals surface area contributed by atoms with Crippen molar-refractivity contribution in [1.29, 1.82) is 0 Å². The summed E-state index contributed by atoms with van der Waals surface area (Å²) < 4.78 is 2.82. The molecule has 15 heavy (non-hydrogen) atoms. The van der Waals surface area contributed by atoms with Crippen LogP contribution < -0.4 is 4.54 Å². The summed E-state index contributed by atoms with van der Waals surface area (Å²) in [6.07, 6.45) is 0. The number of rotatable bonds is 0. The highest BCUT2D eigenvalue weighted by molar-refractivity contribution is 7.89. The first-order chi connectivity index (χ1) is 7.24. The van der Waals surface area contributed by atoms with Crippen LogP contribution >= 0.6 is 7.71 Å². The van der Waals surface area contributed by atoms with Gasteiger partial charge in [0.05, 0.1) is 0 Å². The topological polar surface area (TPSA) is 182 Å². The molecule has 0 aromatic heterocycles. The molecule has 10 nitrogen and oxygen atoms in total. The molecule has 1 saturated heterocycles. The number of hydrogen-bond donors (Lipinski definition) is 0. The maximum absolute atomic E-state index is 8.61. The Balaban J connectivity index is 3.90. The first-order valence-electron chi connectivity index (χ1n) is 3.37. The molecule has 0 radical (unpaired) electrons. The van der Waals surface area contributed by atoms with Crippen LogP contribution in [0.3, 0.4) is 0 Å². The molecule has 0 spiro atoms. The molecule has 0 saturated carbocycles. The normalized spacial score (nSPS) is 18.8. The van der Waals surface area contributed by atoms with Gasteiger partial charge in [-0.3, -0.25) is 0 Å². The van der Waals surface area contributed by atoms with Crippen LogP contribution in [0.4, 0.5) is 0 Å². The Kier molecular flexibility index (Phi) is 2.89. The summed E-state index contributed by atoms with van der Waals surface area (Å²) >= 11 is 0. The lowest BCUT2D eigenvalue weighted by molar-refractivity contribution is -0.0333. The van der Waals surface area contributed by atoms with Gasteiger partial charge in [-0.15, -0.1) is 19.2 Å². The van der Waals surface area contributed by atoms with Crippen molar-refractivity contribution in [2.45, 2.75) is 0 Å². The highest BCUT2D eigenvalue weighted by Crippen LogP contribution is 2.30. The maximum atomic E-state index is 8.61. The molecule has 0 N–H and O–H groups in total. The summed E-state index contributed by atoms with van der Waals surface area (Å²) in [6.45, 7) is 0. The molecule has 1 fully saturated rings. The zero-order chi connectivity index (χ0) is 11.4.